The van der Waals surface area contributed by atoms with E-state index >= 15 is 0 Å². The summed E-state index contributed by atoms with van der Waals surface area (Å²) in [5, 5.41) is 18.9. The monoisotopic (exact) mass is 263 g/mol. The summed E-state index contributed by atoms with van der Waals surface area (Å²) in [5.41, 5.74) is -1.20. The van der Waals surface area contributed by atoms with Crippen molar-refractivity contribution in [2.45, 2.75) is 0 Å². The lowest BCUT2D eigenvalue weighted by Crippen LogP contribution is -2.01. The minimum Gasteiger partial charge on any atom is -0.478 e. The molecular weight excluding hydrogens is 261 g/mol. The summed E-state index contributed by atoms with van der Waals surface area (Å²) in [7, 11) is 0. The topological polar surface area (TPSA) is 80.4 Å². The molecule has 0 saturated carbocycles. The average molecular weight is 264 g/mol. The number of nitro benzene ring substituents is 1. The minimum atomic E-state index is -1.36. The van der Waals surface area contributed by atoms with Gasteiger partial charge in [-0.1, -0.05) is 0 Å². The van der Waals surface area contributed by atoms with Crippen LogP contribution >= 0.6 is 15.9 Å². The van der Waals surface area contributed by atoms with E-state index in [4.69, 9.17) is 5.11 Å². The average Bonchev–Trinajstić information content (AvgIpc) is 2.02. The number of nitro groups is 1. The van der Waals surface area contributed by atoms with E-state index in [2.05, 4.69) is 15.9 Å². The first-order valence-electron chi connectivity index (χ1n) is 3.30. The van der Waals surface area contributed by atoms with Gasteiger partial charge < -0.3 is 5.11 Å². The molecule has 0 aliphatic heterocycles. The predicted molar refractivity (Wildman–Crippen MR) is 47.7 cm³/mol. The number of hydrogen-bond acceptors (Lipinski definition) is 3. The lowest BCUT2D eigenvalue weighted by molar-refractivity contribution is -0.387. The maximum Gasteiger partial charge on any atom is 0.337 e. The number of carbonyl (C=O) groups is 1. The number of carboxylic acid groups (broad SMARTS) is 1. The highest BCUT2D eigenvalue weighted by molar-refractivity contribution is 9.10. The van der Waals surface area contributed by atoms with Crippen molar-refractivity contribution in [1.82, 2.24) is 0 Å². The van der Waals surface area contributed by atoms with E-state index in [1.165, 1.54) is 0 Å². The van der Waals surface area contributed by atoms with Crippen LogP contribution in [0.25, 0.3) is 0 Å². The first kappa shape index (κ1) is 10.6. The van der Waals surface area contributed by atoms with Gasteiger partial charge in [0.15, 0.2) is 0 Å². The number of carboxylic acids is 1. The Morgan fingerprint density at radius 1 is 1.57 bits per heavy atom. The zero-order chi connectivity index (χ0) is 10.9. The van der Waals surface area contributed by atoms with Gasteiger partial charge in [-0.15, -0.1) is 0 Å². The standard InChI is InChI=1S/C7H3BrFNO4/c8-4-2-5(9)6(10(13)14)1-3(4)7(11)12/h1-2H,(H,11,12). The molecule has 14 heavy (non-hydrogen) atoms. The Morgan fingerprint density at radius 2 is 2.14 bits per heavy atom. The van der Waals surface area contributed by atoms with Crippen LogP contribution in [0.5, 0.6) is 0 Å². The van der Waals surface area contributed by atoms with Gasteiger partial charge in [0.25, 0.3) is 0 Å². The van der Waals surface area contributed by atoms with E-state index in [1.807, 2.05) is 0 Å². The summed E-state index contributed by atoms with van der Waals surface area (Å²) in [4.78, 5) is 19.8. The zero-order valence-electron chi connectivity index (χ0n) is 6.53. The lowest BCUT2D eigenvalue weighted by atomic mass is 10.2. The molecule has 1 aromatic rings. The molecule has 0 radical (unpaired) electrons. The summed E-state index contributed by atoms with van der Waals surface area (Å²) in [5.74, 6) is -2.44. The summed E-state index contributed by atoms with van der Waals surface area (Å²) in [6.07, 6.45) is 0. The third kappa shape index (κ3) is 1.87. The maximum absolute atomic E-state index is 12.9. The highest BCUT2D eigenvalue weighted by Crippen LogP contribution is 2.25. The van der Waals surface area contributed by atoms with Crippen molar-refractivity contribution in [3.63, 3.8) is 0 Å². The van der Waals surface area contributed by atoms with Crippen molar-refractivity contribution < 1.29 is 19.2 Å². The fourth-order valence-electron chi connectivity index (χ4n) is 0.841. The van der Waals surface area contributed by atoms with Crippen LogP contribution in [-0.4, -0.2) is 16.0 Å². The van der Waals surface area contributed by atoms with Crippen molar-refractivity contribution in [3.05, 3.63) is 38.1 Å². The van der Waals surface area contributed by atoms with Gasteiger partial charge in [0.2, 0.25) is 5.82 Å². The second kappa shape index (κ2) is 3.70. The Labute approximate surface area is 85.4 Å². The molecule has 0 saturated heterocycles. The van der Waals surface area contributed by atoms with Crippen LogP contribution in [0.1, 0.15) is 10.4 Å². The minimum absolute atomic E-state index is 0.0342. The van der Waals surface area contributed by atoms with E-state index in [-0.39, 0.29) is 10.0 Å². The number of hydrogen-bond donors (Lipinski definition) is 1. The van der Waals surface area contributed by atoms with Gasteiger partial charge in [-0.3, -0.25) is 10.1 Å². The van der Waals surface area contributed by atoms with Gasteiger partial charge in [0, 0.05) is 10.5 Å². The van der Waals surface area contributed by atoms with Crippen LogP contribution < -0.4 is 0 Å². The second-order valence-electron chi connectivity index (χ2n) is 2.35. The fourth-order valence-corrected chi connectivity index (χ4v) is 1.33. The van der Waals surface area contributed by atoms with Crippen molar-refractivity contribution >= 4 is 27.6 Å². The normalized spacial score (nSPS) is 9.86. The van der Waals surface area contributed by atoms with Crippen molar-refractivity contribution in [2.24, 2.45) is 0 Å². The van der Waals surface area contributed by atoms with Crippen molar-refractivity contribution in [3.8, 4) is 0 Å². The highest BCUT2D eigenvalue weighted by atomic mass is 79.9. The van der Waals surface area contributed by atoms with Crippen LogP contribution in [0.3, 0.4) is 0 Å². The second-order valence-corrected chi connectivity index (χ2v) is 3.20. The summed E-state index contributed by atoms with van der Waals surface area (Å²) >= 11 is 2.79. The highest BCUT2D eigenvalue weighted by Gasteiger charge is 2.20. The summed E-state index contributed by atoms with van der Waals surface area (Å²) in [6.45, 7) is 0. The molecule has 0 fully saturated rings. The Hall–Kier alpha value is -1.50. The van der Waals surface area contributed by atoms with Crippen LogP contribution in [0.4, 0.5) is 10.1 Å². The molecular formula is C7H3BrFNO4. The van der Waals surface area contributed by atoms with Crippen LogP contribution in [0.15, 0.2) is 16.6 Å². The number of benzene rings is 1. The Kier molecular flexibility index (Phi) is 2.80. The molecule has 0 atom stereocenters. The van der Waals surface area contributed by atoms with Gasteiger partial charge in [-0.2, -0.15) is 4.39 Å². The van der Waals surface area contributed by atoms with E-state index < -0.39 is 22.4 Å². The molecule has 74 valence electrons. The van der Waals surface area contributed by atoms with Gasteiger partial charge in [-0.25, -0.2) is 4.79 Å². The van der Waals surface area contributed by atoms with Gasteiger partial charge >= 0.3 is 11.7 Å². The lowest BCUT2D eigenvalue weighted by Gasteiger charge is -1.99. The van der Waals surface area contributed by atoms with Crippen LogP contribution in [-0.2, 0) is 0 Å². The number of nitrogens with zero attached hydrogens (tertiary/aromatic N) is 1. The maximum atomic E-state index is 12.9. The molecule has 5 nitrogen and oxygen atoms in total. The first-order valence-corrected chi connectivity index (χ1v) is 4.09. The third-order valence-electron chi connectivity index (χ3n) is 1.46. The number of halogens is 2. The quantitative estimate of drug-likeness (QED) is 0.655. The fraction of sp³-hybridized carbons (Fsp3) is 0. The molecule has 1 aromatic carbocycles. The largest absolute Gasteiger partial charge is 0.478 e. The third-order valence-corrected chi connectivity index (χ3v) is 2.12. The molecule has 0 bridgehead atoms. The molecule has 0 unspecified atom stereocenters. The Balaban J connectivity index is 3.42. The Morgan fingerprint density at radius 3 is 2.57 bits per heavy atom. The smallest absolute Gasteiger partial charge is 0.337 e. The van der Waals surface area contributed by atoms with E-state index in [0.29, 0.717) is 6.07 Å². The molecule has 0 aliphatic carbocycles. The molecule has 1 rings (SSSR count). The van der Waals surface area contributed by atoms with Crippen LogP contribution in [0, 0.1) is 15.9 Å². The molecule has 7 heteroatoms. The number of aromatic carboxylic acids is 1. The predicted octanol–water partition coefficient (Wildman–Crippen LogP) is 2.19. The summed E-state index contributed by atoms with van der Waals surface area (Å²) in [6, 6.07) is 1.42. The zero-order valence-corrected chi connectivity index (χ0v) is 8.12. The number of rotatable bonds is 2. The molecule has 0 spiro atoms. The van der Waals surface area contributed by atoms with Gasteiger partial charge in [0.05, 0.1) is 10.5 Å². The SMILES string of the molecule is O=C(O)c1cc([N+](=O)[O-])c(F)cc1Br. The van der Waals surface area contributed by atoms with Crippen LogP contribution in [0.2, 0.25) is 0 Å². The van der Waals surface area contributed by atoms with Gasteiger partial charge in [-0.05, 0) is 22.0 Å². The molecule has 1 N–H and O–H groups in total. The first-order chi connectivity index (χ1) is 6.43. The van der Waals surface area contributed by atoms with Crippen molar-refractivity contribution in [1.29, 1.82) is 0 Å². The molecule has 0 amide bonds. The van der Waals surface area contributed by atoms with E-state index in [1.54, 1.807) is 0 Å². The molecule has 0 heterocycles. The molecule has 0 aliphatic rings. The summed E-state index contributed by atoms with van der Waals surface area (Å²) < 4.78 is 12.8. The van der Waals surface area contributed by atoms with Gasteiger partial charge in [0.1, 0.15) is 0 Å². The van der Waals surface area contributed by atoms with Crippen molar-refractivity contribution in [2.75, 3.05) is 0 Å². The van der Waals surface area contributed by atoms with E-state index in [9.17, 15) is 19.3 Å². The molecule has 0 aromatic heterocycles. The Bertz CT molecular complexity index is 385. The van der Waals surface area contributed by atoms with E-state index in [0.717, 1.165) is 6.07 Å².